The average molecular weight is 176 g/mol. The molecule has 1 heterocycles. The molecule has 0 aromatic carbocycles. The molecule has 0 saturated heterocycles. The van der Waals surface area contributed by atoms with Gasteiger partial charge < -0.3 is 5.32 Å². The van der Waals surface area contributed by atoms with Gasteiger partial charge in [0.1, 0.15) is 0 Å². The molecule has 0 radical (unpaired) electrons. The SMILES string of the molecule is C=CCNC(=O)Cc1ccncc1. The fourth-order valence-electron chi connectivity index (χ4n) is 0.935. The second-order valence-corrected chi connectivity index (χ2v) is 2.62. The number of carbonyl (C=O) groups is 1. The molecule has 3 nitrogen and oxygen atoms in total. The van der Waals surface area contributed by atoms with Crippen molar-refractivity contribution in [3.8, 4) is 0 Å². The predicted molar refractivity (Wildman–Crippen MR) is 51.1 cm³/mol. The first-order valence-corrected chi connectivity index (χ1v) is 4.09. The minimum absolute atomic E-state index is 0.00565. The van der Waals surface area contributed by atoms with Crippen LogP contribution in [0.2, 0.25) is 0 Å². The van der Waals surface area contributed by atoms with E-state index in [4.69, 9.17) is 0 Å². The second kappa shape index (κ2) is 5.09. The third-order valence-electron chi connectivity index (χ3n) is 1.56. The largest absolute Gasteiger partial charge is 0.352 e. The molecule has 1 rings (SSSR count). The van der Waals surface area contributed by atoms with E-state index in [0.717, 1.165) is 5.56 Å². The lowest BCUT2D eigenvalue weighted by molar-refractivity contribution is -0.120. The monoisotopic (exact) mass is 176 g/mol. The molecule has 0 aliphatic rings. The van der Waals surface area contributed by atoms with Crippen molar-refractivity contribution in [1.29, 1.82) is 0 Å². The van der Waals surface area contributed by atoms with Crippen LogP contribution in [-0.2, 0) is 11.2 Å². The minimum atomic E-state index is 0.00565. The Balaban J connectivity index is 2.41. The lowest BCUT2D eigenvalue weighted by atomic mass is 10.2. The molecule has 0 bridgehead atoms. The maximum absolute atomic E-state index is 11.2. The molecule has 0 aliphatic carbocycles. The average Bonchev–Trinajstić information content (AvgIpc) is 2.16. The lowest BCUT2D eigenvalue weighted by Crippen LogP contribution is -2.24. The standard InChI is InChI=1S/C10H12N2O/c1-2-5-12-10(13)8-9-3-6-11-7-4-9/h2-4,6-7H,1,5,8H2,(H,12,13). The van der Waals surface area contributed by atoms with E-state index in [0.29, 0.717) is 13.0 Å². The molecule has 0 spiro atoms. The number of carbonyl (C=O) groups excluding carboxylic acids is 1. The van der Waals surface area contributed by atoms with Gasteiger partial charge in [-0.3, -0.25) is 9.78 Å². The van der Waals surface area contributed by atoms with Gasteiger partial charge in [0.2, 0.25) is 5.91 Å². The number of amides is 1. The van der Waals surface area contributed by atoms with Gasteiger partial charge in [0, 0.05) is 18.9 Å². The third kappa shape index (κ3) is 3.51. The van der Waals surface area contributed by atoms with Crippen LogP contribution in [-0.4, -0.2) is 17.4 Å². The molecule has 1 N–H and O–H groups in total. The molecule has 0 unspecified atom stereocenters. The summed E-state index contributed by atoms with van der Waals surface area (Å²) in [6, 6.07) is 3.65. The highest BCUT2D eigenvalue weighted by molar-refractivity contribution is 5.78. The Hall–Kier alpha value is -1.64. The normalized spacial score (nSPS) is 9.23. The van der Waals surface area contributed by atoms with Crippen molar-refractivity contribution >= 4 is 5.91 Å². The van der Waals surface area contributed by atoms with Gasteiger partial charge in [-0.25, -0.2) is 0 Å². The van der Waals surface area contributed by atoms with Crippen molar-refractivity contribution in [2.24, 2.45) is 0 Å². The number of nitrogens with one attached hydrogen (secondary N) is 1. The van der Waals surface area contributed by atoms with Crippen LogP contribution in [0.4, 0.5) is 0 Å². The van der Waals surface area contributed by atoms with Crippen LogP contribution in [0.25, 0.3) is 0 Å². The van der Waals surface area contributed by atoms with Crippen LogP contribution >= 0.6 is 0 Å². The zero-order valence-corrected chi connectivity index (χ0v) is 7.36. The molecule has 68 valence electrons. The summed E-state index contributed by atoms with van der Waals surface area (Å²) in [6.07, 6.45) is 5.41. The molecule has 1 aromatic heterocycles. The molecule has 1 aromatic rings. The zero-order valence-electron chi connectivity index (χ0n) is 7.36. The summed E-state index contributed by atoms with van der Waals surface area (Å²) in [4.78, 5) is 15.1. The van der Waals surface area contributed by atoms with Crippen molar-refractivity contribution in [2.75, 3.05) is 6.54 Å². The highest BCUT2D eigenvalue weighted by atomic mass is 16.1. The van der Waals surface area contributed by atoms with Crippen molar-refractivity contribution in [3.05, 3.63) is 42.7 Å². The van der Waals surface area contributed by atoms with E-state index in [-0.39, 0.29) is 5.91 Å². The Morgan fingerprint density at radius 3 is 2.85 bits per heavy atom. The molecular formula is C10H12N2O. The van der Waals surface area contributed by atoms with E-state index < -0.39 is 0 Å². The van der Waals surface area contributed by atoms with Crippen molar-refractivity contribution < 1.29 is 4.79 Å². The summed E-state index contributed by atoms with van der Waals surface area (Å²) in [6.45, 7) is 4.03. The number of hydrogen-bond acceptors (Lipinski definition) is 2. The van der Waals surface area contributed by atoms with E-state index in [1.54, 1.807) is 18.5 Å². The van der Waals surface area contributed by atoms with E-state index in [9.17, 15) is 4.79 Å². The first-order valence-electron chi connectivity index (χ1n) is 4.09. The van der Waals surface area contributed by atoms with Crippen LogP contribution in [0.3, 0.4) is 0 Å². The summed E-state index contributed by atoms with van der Waals surface area (Å²) in [5.41, 5.74) is 0.969. The molecule has 0 aliphatic heterocycles. The topological polar surface area (TPSA) is 42.0 Å². The maximum Gasteiger partial charge on any atom is 0.224 e. The maximum atomic E-state index is 11.2. The molecule has 0 saturated carbocycles. The number of hydrogen-bond donors (Lipinski definition) is 1. The van der Waals surface area contributed by atoms with Crippen LogP contribution in [0.15, 0.2) is 37.2 Å². The first kappa shape index (κ1) is 9.45. The summed E-state index contributed by atoms with van der Waals surface area (Å²) in [5, 5.41) is 2.70. The number of aromatic nitrogens is 1. The van der Waals surface area contributed by atoms with Crippen molar-refractivity contribution in [3.63, 3.8) is 0 Å². The number of rotatable bonds is 4. The second-order valence-electron chi connectivity index (χ2n) is 2.62. The summed E-state index contributed by atoms with van der Waals surface area (Å²) in [5.74, 6) is 0.00565. The minimum Gasteiger partial charge on any atom is -0.352 e. The summed E-state index contributed by atoms with van der Waals surface area (Å²) >= 11 is 0. The highest BCUT2D eigenvalue weighted by Crippen LogP contribution is 1.96. The van der Waals surface area contributed by atoms with Gasteiger partial charge in [-0.05, 0) is 17.7 Å². The number of nitrogens with zero attached hydrogens (tertiary/aromatic N) is 1. The molecular weight excluding hydrogens is 164 g/mol. The molecule has 13 heavy (non-hydrogen) atoms. The zero-order chi connectivity index (χ0) is 9.52. The van der Waals surface area contributed by atoms with Gasteiger partial charge in [-0.15, -0.1) is 6.58 Å². The molecule has 0 atom stereocenters. The molecule has 1 amide bonds. The van der Waals surface area contributed by atoms with Gasteiger partial charge in [0.25, 0.3) is 0 Å². The Kier molecular flexibility index (Phi) is 3.70. The van der Waals surface area contributed by atoms with E-state index in [1.807, 2.05) is 12.1 Å². The van der Waals surface area contributed by atoms with Crippen LogP contribution in [0.5, 0.6) is 0 Å². The van der Waals surface area contributed by atoms with Gasteiger partial charge in [-0.1, -0.05) is 6.08 Å². The van der Waals surface area contributed by atoms with Gasteiger partial charge >= 0.3 is 0 Å². The van der Waals surface area contributed by atoms with Crippen LogP contribution < -0.4 is 5.32 Å². The van der Waals surface area contributed by atoms with E-state index in [2.05, 4.69) is 16.9 Å². The van der Waals surface area contributed by atoms with E-state index in [1.165, 1.54) is 0 Å². The Bertz CT molecular complexity index is 282. The first-order chi connectivity index (χ1) is 6.33. The lowest BCUT2D eigenvalue weighted by Gasteiger charge is -2.01. The smallest absolute Gasteiger partial charge is 0.224 e. The Labute approximate surface area is 77.5 Å². The van der Waals surface area contributed by atoms with Crippen LogP contribution in [0.1, 0.15) is 5.56 Å². The van der Waals surface area contributed by atoms with Crippen molar-refractivity contribution in [2.45, 2.75) is 6.42 Å². The predicted octanol–water partition coefficient (Wildman–Crippen LogP) is 0.926. The fraction of sp³-hybridized carbons (Fsp3) is 0.200. The van der Waals surface area contributed by atoms with Crippen LogP contribution in [0, 0.1) is 0 Å². The van der Waals surface area contributed by atoms with Gasteiger partial charge in [0.05, 0.1) is 6.42 Å². The Morgan fingerprint density at radius 1 is 1.54 bits per heavy atom. The fourth-order valence-corrected chi connectivity index (χ4v) is 0.935. The summed E-state index contributed by atoms with van der Waals surface area (Å²) in [7, 11) is 0. The third-order valence-corrected chi connectivity index (χ3v) is 1.56. The van der Waals surface area contributed by atoms with Crippen molar-refractivity contribution in [1.82, 2.24) is 10.3 Å². The Morgan fingerprint density at radius 2 is 2.23 bits per heavy atom. The summed E-state index contributed by atoms with van der Waals surface area (Å²) < 4.78 is 0. The molecule has 3 heteroatoms. The van der Waals surface area contributed by atoms with E-state index >= 15 is 0 Å². The molecule has 0 fully saturated rings. The number of pyridine rings is 1. The van der Waals surface area contributed by atoms with Gasteiger partial charge in [0.15, 0.2) is 0 Å². The van der Waals surface area contributed by atoms with Gasteiger partial charge in [-0.2, -0.15) is 0 Å². The quantitative estimate of drug-likeness (QED) is 0.693. The highest BCUT2D eigenvalue weighted by Gasteiger charge is 2.00.